The molecule has 164 valence electrons. The van der Waals surface area contributed by atoms with Crippen LogP contribution in [0.5, 0.6) is 0 Å². The summed E-state index contributed by atoms with van der Waals surface area (Å²) < 4.78 is 0. The van der Waals surface area contributed by atoms with Crippen LogP contribution in [0.15, 0.2) is 80.2 Å². The third kappa shape index (κ3) is 5.08. The van der Waals surface area contributed by atoms with Crippen molar-refractivity contribution in [3.63, 3.8) is 0 Å². The fraction of sp³-hybridized carbons (Fsp3) is 0.308. The average Bonchev–Trinajstić information content (AvgIpc) is 2.84. The number of nitrogens with zero attached hydrogens (tertiary/aromatic N) is 4. The lowest BCUT2D eigenvalue weighted by atomic mass is 9.73. The van der Waals surface area contributed by atoms with E-state index in [9.17, 15) is 4.79 Å². The van der Waals surface area contributed by atoms with Crippen LogP contribution < -0.4 is 5.32 Å². The lowest BCUT2D eigenvalue weighted by Crippen LogP contribution is -2.53. The van der Waals surface area contributed by atoms with Crippen LogP contribution in [0.25, 0.3) is 11.1 Å². The van der Waals surface area contributed by atoms with E-state index in [4.69, 9.17) is 0 Å². The van der Waals surface area contributed by atoms with Gasteiger partial charge in [-0.15, -0.1) is 6.58 Å². The van der Waals surface area contributed by atoms with Gasteiger partial charge < -0.3 is 5.32 Å². The molecule has 0 spiro atoms. The summed E-state index contributed by atoms with van der Waals surface area (Å²) in [7, 11) is 0. The second-order valence-corrected chi connectivity index (χ2v) is 8.42. The Kier molecular flexibility index (Phi) is 7.02. The van der Waals surface area contributed by atoms with Crippen LogP contribution in [0.4, 0.5) is 0 Å². The Labute approximate surface area is 189 Å². The molecule has 6 nitrogen and oxygen atoms in total. The van der Waals surface area contributed by atoms with Crippen molar-refractivity contribution in [3.8, 4) is 11.1 Å². The number of piperidine rings is 1. The van der Waals surface area contributed by atoms with Crippen LogP contribution in [0, 0.1) is 5.41 Å². The van der Waals surface area contributed by atoms with Gasteiger partial charge in [0.2, 0.25) is 5.91 Å². The van der Waals surface area contributed by atoms with Gasteiger partial charge in [0.05, 0.1) is 5.41 Å². The van der Waals surface area contributed by atoms with E-state index in [1.54, 1.807) is 12.3 Å². The minimum Gasteiger partial charge on any atom is -0.352 e. The standard InChI is InChI=1S/C26H29N5O/c1-2-11-30-25(32)26(10-6-13-31(19-26)18-21-7-5-12-27-15-21)14-22-8-3-4-9-24(22)23-16-28-20-29-17-23/h2-5,7-9,12,15-17,20H,1,6,10-11,13-14,18-19H2,(H,30,32). The fourth-order valence-corrected chi connectivity index (χ4v) is 4.63. The van der Waals surface area contributed by atoms with Crippen LogP contribution in [0.3, 0.4) is 0 Å². The molecule has 1 unspecified atom stereocenters. The molecule has 1 saturated heterocycles. The third-order valence-corrected chi connectivity index (χ3v) is 6.09. The Bertz CT molecular complexity index is 1040. The molecule has 0 aliphatic carbocycles. The zero-order chi connectivity index (χ0) is 22.2. The third-order valence-electron chi connectivity index (χ3n) is 6.09. The Morgan fingerprint density at radius 1 is 1.12 bits per heavy atom. The van der Waals surface area contributed by atoms with Crippen molar-refractivity contribution in [3.05, 3.63) is 91.3 Å². The molecular formula is C26H29N5O. The highest BCUT2D eigenvalue weighted by Gasteiger charge is 2.42. The van der Waals surface area contributed by atoms with E-state index in [1.165, 1.54) is 6.33 Å². The summed E-state index contributed by atoms with van der Waals surface area (Å²) in [5, 5.41) is 3.09. The van der Waals surface area contributed by atoms with Crippen LogP contribution in [-0.2, 0) is 17.8 Å². The van der Waals surface area contributed by atoms with Gasteiger partial charge in [0.25, 0.3) is 0 Å². The molecule has 1 aromatic carbocycles. The molecule has 4 rings (SSSR count). The van der Waals surface area contributed by atoms with Gasteiger partial charge in [-0.05, 0) is 48.6 Å². The summed E-state index contributed by atoms with van der Waals surface area (Å²) in [6.45, 7) is 6.69. The first-order valence-electron chi connectivity index (χ1n) is 11.0. The SMILES string of the molecule is C=CCNC(=O)C1(Cc2ccccc2-c2cncnc2)CCCN(Cc2cccnc2)C1. The largest absolute Gasteiger partial charge is 0.352 e. The van der Waals surface area contributed by atoms with Gasteiger partial charge in [-0.3, -0.25) is 14.7 Å². The minimum atomic E-state index is -0.519. The van der Waals surface area contributed by atoms with Crippen molar-refractivity contribution in [2.45, 2.75) is 25.8 Å². The van der Waals surface area contributed by atoms with Gasteiger partial charge in [0.15, 0.2) is 0 Å². The highest BCUT2D eigenvalue weighted by molar-refractivity contribution is 5.84. The Morgan fingerprint density at radius 3 is 2.75 bits per heavy atom. The number of aromatic nitrogens is 3. The average molecular weight is 428 g/mol. The van der Waals surface area contributed by atoms with Gasteiger partial charge >= 0.3 is 0 Å². The van der Waals surface area contributed by atoms with Crippen molar-refractivity contribution < 1.29 is 4.79 Å². The predicted molar refractivity (Wildman–Crippen MR) is 126 cm³/mol. The summed E-state index contributed by atoms with van der Waals surface area (Å²) in [6, 6.07) is 12.3. The van der Waals surface area contributed by atoms with E-state index in [2.05, 4.69) is 49.9 Å². The number of rotatable bonds is 8. The highest BCUT2D eigenvalue weighted by atomic mass is 16.2. The highest BCUT2D eigenvalue weighted by Crippen LogP contribution is 2.37. The molecule has 1 atom stereocenters. The summed E-state index contributed by atoms with van der Waals surface area (Å²) >= 11 is 0. The summed E-state index contributed by atoms with van der Waals surface area (Å²) in [6.07, 6.45) is 13.1. The zero-order valence-corrected chi connectivity index (χ0v) is 18.3. The minimum absolute atomic E-state index is 0.0902. The maximum Gasteiger partial charge on any atom is 0.228 e. The second-order valence-electron chi connectivity index (χ2n) is 8.42. The number of amides is 1. The lowest BCUT2D eigenvalue weighted by Gasteiger charge is -2.42. The summed E-state index contributed by atoms with van der Waals surface area (Å²) in [5.41, 5.74) is 3.83. The van der Waals surface area contributed by atoms with Crippen molar-refractivity contribution >= 4 is 5.91 Å². The smallest absolute Gasteiger partial charge is 0.228 e. The Hall–Kier alpha value is -3.38. The van der Waals surface area contributed by atoms with E-state index in [-0.39, 0.29) is 5.91 Å². The number of nitrogens with one attached hydrogen (secondary N) is 1. The molecule has 2 aromatic heterocycles. The van der Waals surface area contributed by atoms with Crippen LogP contribution in [-0.4, -0.2) is 45.4 Å². The maximum absolute atomic E-state index is 13.5. The van der Waals surface area contributed by atoms with E-state index in [0.29, 0.717) is 19.5 Å². The fourth-order valence-electron chi connectivity index (χ4n) is 4.63. The van der Waals surface area contributed by atoms with E-state index < -0.39 is 5.41 Å². The quantitative estimate of drug-likeness (QED) is 0.556. The van der Waals surface area contributed by atoms with Gasteiger partial charge in [0, 0.05) is 50.0 Å². The topological polar surface area (TPSA) is 71.0 Å². The molecule has 0 bridgehead atoms. The lowest BCUT2D eigenvalue weighted by molar-refractivity contribution is -0.134. The van der Waals surface area contributed by atoms with E-state index >= 15 is 0 Å². The van der Waals surface area contributed by atoms with Crippen molar-refractivity contribution in [1.82, 2.24) is 25.2 Å². The number of carbonyl (C=O) groups is 1. The molecule has 32 heavy (non-hydrogen) atoms. The molecule has 1 aliphatic rings. The number of hydrogen-bond acceptors (Lipinski definition) is 5. The first kappa shape index (κ1) is 21.8. The number of carbonyl (C=O) groups excluding carboxylic acids is 1. The summed E-state index contributed by atoms with van der Waals surface area (Å²) in [4.78, 5) is 28.5. The van der Waals surface area contributed by atoms with Gasteiger partial charge in [-0.25, -0.2) is 9.97 Å². The van der Waals surface area contributed by atoms with Crippen molar-refractivity contribution in [2.75, 3.05) is 19.6 Å². The molecule has 3 aromatic rings. The number of pyridine rings is 1. The van der Waals surface area contributed by atoms with Crippen LogP contribution >= 0.6 is 0 Å². The number of likely N-dealkylation sites (tertiary alicyclic amines) is 1. The van der Waals surface area contributed by atoms with E-state index in [0.717, 1.165) is 48.2 Å². The number of hydrogen-bond donors (Lipinski definition) is 1. The predicted octanol–water partition coefficient (Wildman–Crippen LogP) is 3.67. The first-order chi connectivity index (χ1) is 15.7. The summed E-state index contributed by atoms with van der Waals surface area (Å²) in [5.74, 6) is 0.0902. The molecule has 3 heterocycles. The number of benzene rings is 1. The van der Waals surface area contributed by atoms with Gasteiger partial charge in [-0.1, -0.05) is 36.4 Å². The molecule has 6 heteroatoms. The maximum atomic E-state index is 13.5. The van der Waals surface area contributed by atoms with Crippen molar-refractivity contribution in [2.24, 2.45) is 5.41 Å². The van der Waals surface area contributed by atoms with Crippen LogP contribution in [0.1, 0.15) is 24.0 Å². The Morgan fingerprint density at radius 2 is 1.97 bits per heavy atom. The molecular weight excluding hydrogens is 398 g/mol. The first-order valence-corrected chi connectivity index (χ1v) is 11.0. The normalized spacial score (nSPS) is 18.8. The Balaban J connectivity index is 1.64. The molecule has 0 saturated carbocycles. The van der Waals surface area contributed by atoms with Crippen LogP contribution in [0.2, 0.25) is 0 Å². The second kappa shape index (κ2) is 10.3. The molecule has 0 radical (unpaired) electrons. The molecule has 1 amide bonds. The molecule has 1 N–H and O–H groups in total. The molecule has 1 aliphatic heterocycles. The molecule has 1 fully saturated rings. The van der Waals surface area contributed by atoms with Gasteiger partial charge in [-0.2, -0.15) is 0 Å². The monoisotopic (exact) mass is 427 g/mol. The van der Waals surface area contributed by atoms with Gasteiger partial charge in [0.1, 0.15) is 6.33 Å². The van der Waals surface area contributed by atoms with E-state index in [1.807, 2.05) is 36.8 Å². The van der Waals surface area contributed by atoms with Crippen molar-refractivity contribution in [1.29, 1.82) is 0 Å². The zero-order valence-electron chi connectivity index (χ0n) is 18.3.